The average Bonchev–Trinajstić information content (AvgIpc) is 3.07. The highest BCUT2D eigenvalue weighted by Gasteiger charge is 2.19. The fraction of sp³-hybridized carbons (Fsp3) is 0.364. The first kappa shape index (κ1) is 18.4. The number of nitrogens with one attached hydrogen (secondary N) is 1. The Bertz CT molecular complexity index is 766. The van der Waals surface area contributed by atoms with Gasteiger partial charge < -0.3 is 5.32 Å². The van der Waals surface area contributed by atoms with Gasteiger partial charge >= 0.3 is 0 Å². The molecule has 0 saturated heterocycles. The van der Waals surface area contributed by atoms with Crippen LogP contribution in [0, 0.1) is 19.8 Å². The summed E-state index contributed by atoms with van der Waals surface area (Å²) in [4.78, 5) is 0. The van der Waals surface area contributed by atoms with Crippen molar-refractivity contribution in [3.63, 3.8) is 0 Å². The number of halogens is 2. The lowest BCUT2D eigenvalue weighted by Gasteiger charge is -2.16. The molecule has 0 unspecified atom stereocenters. The Morgan fingerprint density at radius 3 is 2.28 bits per heavy atom. The molecule has 132 valence electrons. The van der Waals surface area contributed by atoms with Crippen LogP contribution in [0.3, 0.4) is 0 Å². The smallest absolute Gasteiger partial charge is 0.0459 e. The maximum Gasteiger partial charge on any atom is 0.0459 e. The van der Waals surface area contributed by atoms with E-state index in [1.54, 1.807) is 0 Å². The Morgan fingerprint density at radius 1 is 1.04 bits per heavy atom. The Balaban J connectivity index is 1.77. The van der Waals surface area contributed by atoms with E-state index in [2.05, 4.69) is 43.9 Å². The highest BCUT2D eigenvalue weighted by atomic mass is 35.5. The van der Waals surface area contributed by atoms with Gasteiger partial charge in [-0.25, -0.2) is 0 Å². The van der Waals surface area contributed by atoms with E-state index in [1.807, 2.05) is 12.1 Å². The molecule has 3 rings (SSSR count). The number of aryl methyl sites for hydroxylation is 2. The molecular formula is C22H25Cl2N. The average molecular weight is 374 g/mol. The molecule has 1 N–H and O–H groups in total. The third-order valence-corrected chi connectivity index (χ3v) is 5.93. The van der Waals surface area contributed by atoms with Gasteiger partial charge in [-0.1, -0.05) is 61.5 Å². The molecule has 0 spiro atoms. The second-order valence-corrected chi connectivity index (χ2v) is 7.99. The van der Waals surface area contributed by atoms with Gasteiger partial charge in [-0.3, -0.25) is 0 Å². The lowest BCUT2D eigenvalue weighted by atomic mass is 9.96. The molecule has 1 aliphatic rings. The Hall–Kier alpha value is -1.44. The summed E-state index contributed by atoms with van der Waals surface area (Å²) < 4.78 is 0. The standard InChI is InChI=1S/C22H25Cl2N/c1-14-8-9-19(10-15(14)2)25-16(3)18-12-21(23)20(22(24)13-18)11-17-6-4-5-7-17/h8-10,12-13,17,25H,3-7,11H2,1-2H3. The normalized spacial score (nSPS) is 14.7. The van der Waals surface area contributed by atoms with Crippen molar-refractivity contribution in [1.29, 1.82) is 0 Å². The van der Waals surface area contributed by atoms with Gasteiger partial charge in [-0.05, 0) is 67.1 Å². The monoisotopic (exact) mass is 373 g/mol. The second kappa shape index (κ2) is 7.85. The van der Waals surface area contributed by atoms with Crippen LogP contribution in [0.25, 0.3) is 5.70 Å². The summed E-state index contributed by atoms with van der Waals surface area (Å²) in [6.45, 7) is 8.37. The predicted molar refractivity (Wildman–Crippen MR) is 111 cm³/mol. The van der Waals surface area contributed by atoms with Crippen molar-refractivity contribution >= 4 is 34.6 Å². The fourth-order valence-electron chi connectivity index (χ4n) is 3.54. The van der Waals surface area contributed by atoms with Crippen LogP contribution in [0.1, 0.15) is 47.9 Å². The first-order valence-electron chi connectivity index (χ1n) is 8.95. The summed E-state index contributed by atoms with van der Waals surface area (Å²) >= 11 is 13.1. The summed E-state index contributed by atoms with van der Waals surface area (Å²) in [5.41, 5.74) is 6.37. The molecule has 1 aliphatic carbocycles. The molecule has 3 heteroatoms. The van der Waals surface area contributed by atoms with Crippen molar-refractivity contribution in [3.8, 4) is 0 Å². The van der Waals surface area contributed by atoms with Crippen LogP contribution in [0.5, 0.6) is 0 Å². The second-order valence-electron chi connectivity index (χ2n) is 7.18. The molecule has 1 saturated carbocycles. The first-order valence-corrected chi connectivity index (χ1v) is 9.71. The van der Waals surface area contributed by atoms with E-state index < -0.39 is 0 Å². The first-order chi connectivity index (χ1) is 11.9. The molecule has 0 amide bonds. The highest BCUT2D eigenvalue weighted by molar-refractivity contribution is 6.36. The Morgan fingerprint density at radius 2 is 1.68 bits per heavy atom. The van der Waals surface area contributed by atoms with Crippen molar-refractivity contribution in [1.82, 2.24) is 0 Å². The fourth-order valence-corrected chi connectivity index (χ4v) is 4.18. The quantitative estimate of drug-likeness (QED) is 0.574. The summed E-state index contributed by atoms with van der Waals surface area (Å²) in [7, 11) is 0. The number of benzene rings is 2. The topological polar surface area (TPSA) is 12.0 Å². The molecule has 0 bridgehead atoms. The third-order valence-electron chi connectivity index (χ3n) is 5.26. The molecule has 0 radical (unpaired) electrons. The van der Waals surface area contributed by atoms with Gasteiger partial charge in [-0.15, -0.1) is 0 Å². The lowest BCUT2D eigenvalue weighted by Crippen LogP contribution is -2.03. The lowest BCUT2D eigenvalue weighted by molar-refractivity contribution is 0.546. The molecule has 0 atom stereocenters. The van der Waals surface area contributed by atoms with E-state index in [0.717, 1.165) is 44.9 Å². The zero-order valence-electron chi connectivity index (χ0n) is 15.0. The number of hydrogen-bond acceptors (Lipinski definition) is 1. The van der Waals surface area contributed by atoms with E-state index >= 15 is 0 Å². The molecule has 0 aliphatic heterocycles. The van der Waals surface area contributed by atoms with Crippen LogP contribution in [0.15, 0.2) is 36.9 Å². The molecule has 1 fully saturated rings. The van der Waals surface area contributed by atoms with Gasteiger partial charge in [-0.2, -0.15) is 0 Å². The number of hydrogen-bond donors (Lipinski definition) is 1. The van der Waals surface area contributed by atoms with E-state index in [4.69, 9.17) is 23.2 Å². The minimum atomic E-state index is 0.720. The summed E-state index contributed by atoms with van der Waals surface area (Å²) in [6, 6.07) is 10.3. The zero-order chi connectivity index (χ0) is 18.0. The SMILES string of the molecule is C=C(Nc1ccc(C)c(C)c1)c1cc(Cl)c(CC2CCCC2)c(Cl)c1. The van der Waals surface area contributed by atoms with Gasteiger partial charge in [0.15, 0.2) is 0 Å². The van der Waals surface area contributed by atoms with Crippen molar-refractivity contribution in [2.24, 2.45) is 5.92 Å². The van der Waals surface area contributed by atoms with Crippen LogP contribution in [-0.4, -0.2) is 0 Å². The van der Waals surface area contributed by atoms with Crippen molar-refractivity contribution in [3.05, 3.63) is 69.2 Å². The summed E-state index contributed by atoms with van der Waals surface area (Å²) in [5, 5.41) is 4.86. The van der Waals surface area contributed by atoms with Crippen LogP contribution < -0.4 is 5.32 Å². The van der Waals surface area contributed by atoms with Gasteiger partial charge in [0.25, 0.3) is 0 Å². The van der Waals surface area contributed by atoms with Crippen LogP contribution in [0.4, 0.5) is 5.69 Å². The molecule has 0 heterocycles. The minimum absolute atomic E-state index is 0.720. The molecule has 2 aromatic rings. The van der Waals surface area contributed by atoms with Gasteiger partial charge in [0.05, 0.1) is 0 Å². The van der Waals surface area contributed by atoms with Gasteiger partial charge in [0.1, 0.15) is 0 Å². The van der Waals surface area contributed by atoms with Crippen LogP contribution >= 0.6 is 23.2 Å². The Kier molecular flexibility index (Phi) is 5.76. The summed E-state index contributed by atoms with van der Waals surface area (Å²) in [5.74, 6) is 0.720. The zero-order valence-corrected chi connectivity index (χ0v) is 16.5. The van der Waals surface area contributed by atoms with E-state index in [-0.39, 0.29) is 0 Å². The molecule has 1 nitrogen and oxygen atoms in total. The molecule has 0 aromatic heterocycles. The largest absolute Gasteiger partial charge is 0.356 e. The van der Waals surface area contributed by atoms with Crippen molar-refractivity contribution in [2.45, 2.75) is 46.0 Å². The van der Waals surface area contributed by atoms with Crippen LogP contribution in [0.2, 0.25) is 10.0 Å². The van der Waals surface area contributed by atoms with E-state index in [1.165, 1.54) is 36.8 Å². The van der Waals surface area contributed by atoms with Crippen LogP contribution in [-0.2, 0) is 6.42 Å². The van der Waals surface area contributed by atoms with Gasteiger partial charge in [0, 0.05) is 27.0 Å². The number of rotatable bonds is 5. The summed E-state index contributed by atoms with van der Waals surface area (Å²) in [6.07, 6.45) is 6.21. The molecular weight excluding hydrogens is 349 g/mol. The predicted octanol–water partition coefficient (Wildman–Crippen LogP) is 7.43. The van der Waals surface area contributed by atoms with Gasteiger partial charge in [0.2, 0.25) is 0 Å². The molecule has 25 heavy (non-hydrogen) atoms. The number of anilines is 1. The van der Waals surface area contributed by atoms with E-state index in [0.29, 0.717) is 0 Å². The Labute approximate surface area is 161 Å². The van der Waals surface area contributed by atoms with Crippen molar-refractivity contribution < 1.29 is 0 Å². The maximum atomic E-state index is 6.55. The minimum Gasteiger partial charge on any atom is -0.356 e. The maximum absolute atomic E-state index is 6.55. The highest BCUT2D eigenvalue weighted by Crippen LogP contribution is 2.35. The molecule has 2 aromatic carbocycles. The van der Waals surface area contributed by atoms with E-state index in [9.17, 15) is 0 Å². The van der Waals surface area contributed by atoms with Crippen molar-refractivity contribution in [2.75, 3.05) is 5.32 Å². The third kappa shape index (κ3) is 4.40.